The van der Waals surface area contributed by atoms with Crippen LogP contribution >= 0.6 is 0 Å². The summed E-state index contributed by atoms with van der Waals surface area (Å²) in [4.78, 5) is 2.46. The molecule has 1 fully saturated rings. The molecule has 16 heavy (non-hydrogen) atoms. The molecule has 0 amide bonds. The molecule has 4 heteroatoms. The largest absolute Gasteiger partial charge is 0.330 e. The van der Waals surface area contributed by atoms with Crippen LogP contribution in [-0.4, -0.2) is 40.4 Å². The van der Waals surface area contributed by atoms with Crippen molar-refractivity contribution in [2.45, 2.75) is 38.8 Å². The molecule has 4 nitrogen and oxygen atoms in total. The van der Waals surface area contributed by atoms with Crippen molar-refractivity contribution in [2.24, 2.45) is 5.73 Å². The fourth-order valence-electron chi connectivity index (χ4n) is 2.09. The fraction of sp³-hybridized carbons (Fsp3) is 0.750. The molecule has 2 rings (SSSR count). The third kappa shape index (κ3) is 2.44. The predicted octanol–water partition coefficient (Wildman–Crippen LogP) is 1.04. The Bertz CT molecular complexity index is 326. The molecule has 1 aliphatic rings. The molecule has 0 atom stereocenters. The van der Waals surface area contributed by atoms with Gasteiger partial charge in [-0.1, -0.05) is 0 Å². The molecule has 0 saturated carbocycles. The van der Waals surface area contributed by atoms with Crippen LogP contribution in [0.25, 0.3) is 0 Å². The second-order valence-electron chi connectivity index (χ2n) is 4.92. The van der Waals surface area contributed by atoms with Gasteiger partial charge in [-0.25, -0.2) is 0 Å². The Morgan fingerprint density at radius 2 is 2.25 bits per heavy atom. The molecule has 0 spiro atoms. The number of rotatable bonds is 5. The molecule has 90 valence electrons. The summed E-state index contributed by atoms with van der Waals surface area (Å²) in [7, 11) is 0. The van der Waals surface area contributed by atoms with Gasteiger partial charge in [0.2, 0.25) is 0 Å². The van der Waals surface area contributed by atoms with Gasteiger partial charge in [0.25, 0.3) is 0 Å². The summed E-state index contributed by atoms with van der Waals surface area (Å²) in [6, 6.07) is 1.23. The van der Waals surface area contributed by atoms with Gasteiger partial charge >= 0.3 is 0 Å². The van der Waals surface area contributed by atoms with E-state index in [9.17, 15) is 0 Å². The van der Waals surface area contributed by atoms with Crippen molar-refractivity contribution in [3.63, 3.8) is 0 Å². The first-order valence-corrected chi connectivity index (χ1v) is 6.18. The molecule has 0 unspecified atom stereocenters. The van der Waals surface area contributed by atoms with Crippen LogP contribution in [0.15, 0.2) is 12.4 Å². The molecular weight excluding hydrogens is 200 g/mol. The van der Waals surface area contributed by atoms with E-state index in [0.717, 1.165) is 32.5 Å². The van der Waals surface area contributed by atoms with Crippen molar-refractivity contribution in [1.29, 1.82) is 0 Å². The Hall–Kier alpha value is -0.870. The first kappa shape index (κ1) is 11.6. The van der Waals surface area contributed by atoms with Crippen LogP contribution in [0, 0.1) is 0 Å². The minimum Gasteiger partial charge on any atom is -0.330 e. The molecule has 1 saturated heterocycles. The van der Waals surface area contributed by atoms with Crippen LogP contribution in [0.4, 0.5) is 0 Å². The number of hydrogen-bond donors (Lipinski definition) is 1. The summed E-state index contributed by atoms with van der Waals surface area (Å²) in [6.45, 7) is 7.51. The Labute approximate surface area is 97.4 Å². The summed E-state index contributed by atoms with van der Waals surface area (Å²) >= 11 is 0. The molecule has 0 aliphatic carbocycles. The number of aromatic nitrogens is 2. The van der Waals surface area contributed by atoms with E-state index < -0.39 is 0 Å². The van der Waals surface area contributed by atoms with Gasteiger partial charge in [-0.3, -0.25) is 9.58 Å². The van der Waals surface area contributed by atoms with E-state index in [0.29, 0.717) is 12.1 Å². The highest BCUT2D eigenvalue weighted by Crippen LogP contribution is 2.22. The van der Waals surface area contributed by atoms with Gasteiger partial charge in [-0.2, -0.15) is 5.10 Å². The van der Waals surface area contributed by atoms with Crippen LogP contribution < -0.4 is 5.73 Å². The second-order valence-corrected chi connectivity index (χ2v) is 4.92. The quantitative estimate of drug-likeness (QED) is 0.809. The van der Waals surface area contributed by atoms with E-state index in [1.54, 1.807) is 0 Å². The Morgan fingerprint density at radius 1 is 1.50 bits per heavy atom. The molecule has 2 N–H and O–H groups in total. The van der Waals surface area contributed by atoms with Crippen LogP contribution in [0.2, 0.25) is 0 Å². The van der Waals surface area contributed by atoms with E-state index in [1.165, 1.54) is 5.56 Å². The minimum absolute atomic E-state index is 0.578. The molecule has 0 radical (unpaired) electrons. The number of likely N-dealkylation sites (tertiary alicyclic amines) is 1. The van der Waals surface area contributed by atoms with Gasteiger partial charge in [0.15, 0.2) is 0 Å². The molecule has 1 aromatic heterocycles. The van der Waals surface area contributed by atoms with E-state index in [-0.39, 0.29) is 0 Å². The number of aryl methyl sites for hydroxylation is 1. The summed E-state index contributed by atoms with van der Waals surface area (Å²) in [5.41, 5.74) is 6.81. The zero-order chi connectivity index (χ0) is 11.5. The summed E-state index contributed by atoms with van der Waals surface area (Å²) in [5, 5.41) is 4.43. The molecule has 1 aliphatic heterocycles. The third-order valence-electron chi connectivity index (χ3n) is 3.32. The SMILES string of the molecule is CC(C)N1CC(n2cc(CCCN)cn2)C1. The summed E-state index contributed by atoms with van der Waals surface area (Å²) < 4.78 is 2.12. The summed E-state index contributed by atoms with van der Waals surface area (Å²) in [5.74, 6) is 0. The Morgan fingerprint density at radius 3 is 2.88 bits per heavy atom. The third-order valence-corrected chi connectivity index (χ3v) is 3.32. The second kappa shape index (κ2) is 4.97. The first-order chi connectivity index (χ1) is 7.70. The van der Waals surface area contributed by atoms with E-state index in [4.69, 9.17) is 5.73 Å². The lowest BCUT2D eigenvalue weighted by molar-refractivity contribution is 0.0675. The minimum atomic E-state index is 0.578. The zero-order valence-corrected chi connectivity index (χ0v) is 10.3. The van der Waals surface area contributed by atoms with Gasteiger partial charge in [0.05, 0.1) is 12.2 Å². The van der Waals surface area contributed by atoms with Gasteiger partial charge < -0.3 is 5.73 Å². The van der Waals surface area contributed by atoms with E-state index in [1.807, 2.05) is 6.20 Å². The van der Waals surface area contributed by atoms with Gasteiger partial charge in [0.1, 0.15) is 0 Å². The standard InChI is InChI=1S/C12H22N4/c1-10(2)15-8-12(9-15)16-7-11(6-14-16)4-3-5-13/h6-7,10,12H,3-5,8-9,13H2,1-2H3. The zero-order valence-electron chi connectivity index (χ0n) is 10.3. The van der Waals surface area contributed by atoms with Gasteiger partial charge in [-0.05, 0) is 38.8 Å². The first-order valence-electron chi connectivity index (χ1n) is 6.18. The van der Waals surface area contributed by atoms with E-state index >= 15 is 0 Å². The molecule has 2 heterocycles. The smallest absolute Gasteiger partial charge is 0.0773 e. The van der Waals surface area contributed by atoms with Crippen LogP contribution in [0.5, 0.6) is 0 Å². The lowest BCUT2D eigenvalue weighted by Gasteiger charge is -2.41. The van der Waals surface area contributed by atoms with Gasteiger partial charge in [-0.15, -0.1) is 0 Å². The maximum Gasteiger partial charge on any atom is 0.0773 e. The van der Waals surface area contributed by atoms with Crippen molar-refractivity contribution in [3.05, 3.63) is 18.0 Å². The van der Waals surface area contributed by atoms with Gasteiger partial charge in [0, 0.05) is 25.3 Å². The molecule has 0 aromatic carbocycles. The fourth-order valence-corrected chi connectivity index (χ4v) is 2.09. The monoisotopic (exact) mass is 222 g/mol. The van der Waals surface area contributed by atoms with Crippen molar-refractivity contribution < 1.29 is 0 Å². The van der Waals surface area contributed by atoms with Crippen molar-refractivity contribution >= 4 is 0 Å². The molecule has 1 aromatic rings. The average Bonchev–Trinajstić information content (AvgIpc) is 2.60. The number of nitrogens with two attached hydrogens (primary N) is 1. The van der Waals surface area contributed by atoms with Crippen LogP contribution in [0.1, 0.15) is 31.9 Å². The topological polar surface area (TPSA) is 47.1 Å². The van der Waals surface area contributed by atoms with E-state index in [2.05, 4.69) is 34.7 Å². The van der Waals surface area contributed by atoms with Crippen molar-refractivity contribution in [3.8, 4) is 0 Å². The Kier molecular flexibility index (Phi) is 3.61. The highest BCUT2D eigenvalue weighted by atomic mass is 15.4. The lowest BCUT2D eigenvalue weighted by Crippen LogP contribution is -2.50. The maximum atomic E-state index is 5.50. The predicted molar refractivity (Wildman–Crippen MR) is 65.3 cm³/mol. The van der Waals surface area contributed by atoms with Crippen LogP contribution in [-0.2, 0) is 6.42 Å². The highest BCUT2D eigenvalue weighted by Gasteiger charge is 2.30. The molecule has 0 bridgehead atoms. The highest BCUT2D eigenvalue weighted by molar-refractivity contribution is 5.06. The Balaban J connectivity index is 1.85. The number of nitrogens with zero attached hydrogens (tertiary/aromatic N) is 3. The van der Waals surface area contributed by atoms with Crippen molar-refractivity contribution in [2.75, 3.05) is 19.6 Å². The van der Waals surface area contributed by atoms with Crippen LogP contribution in [0.3, 0.4) is 0 Å². The maximum absolute atomic E-state index is 5.50. The average molecular weight is 222 g/mol. The number of hydrogen-bond acceptors (Lipinski definition) is 3. The normalized spacial score (nSPS) is 18.0. The molecular formula is C12H22N4. The van der Waals surface area contributed by atoms with Crippen molar-refractivity contribution in [1.82, 2.24) is 14.7 Å². The lowest BCUT2D eigenvalue weighted by atomic mass is 10.1. The summed E-state index contributed by atoms with van der Waals surface area (Å²) in [6.07, 6.45) is 6.26.